The third kappa shape index (κ3) is 4.92. The highest BCUT2D eigenvalue weighted by Gasteiger charge is 2.40. The largest absolute Gasteiger partial charge is 0.491 e. The van der Waals surface area contributed by atoms with Crippen LogP contribution >= 0.6 is 11.3 Å². The maximum absolute atomic E-state index is 13.5. The smallest absolute Gasteiger partial charge is 0.242 e. The SMILES string of the molecule is CC(C)(C)N(CC(=O)N1CCc2sccc2[C@H]1COc1cccc(F)c1)C(=O)C1CC1. The number of fused-ring (bicyclic) bond motifs is 1. The van der Waals surface area contributed by atoms with E-state index in [0.717, 1.165) is 24.8 Å². The maximum atomic E-state index is 13.5. The van der Waals surface area contributed by atoms with Gasteiger partial charge in [-0.25, -0.2) is 4.39 Å². The second-order valence-corrected chi connectivity index (χ2v) is 10.3. The summed E-state index contributed by atoms with van der Waals surface area (Å²) in [6.45, 7) is 6.80. The van der Waals surface area contributed by atoms with Gasteiger partial charge in [-0.1, -0.05) is 6.07 Å². The average Bonchev–Trinajstić information content (AvgIpc) is 3.45. The minimum absolute atomic E-state index is 0.0592. The van der Waals surface area contributed by atoms with Crippen LogP contribution in [0.4, 0.5) is 4.39 Å². The standard InChI is InChI=1S/C24H29FN2O3S/c1-24(2,3)27(23(29)16-7-8-16)14-22(28)26-11-9-21-19(10-12-31-21)20(26)15-30-18-6-4-5-17(25)13-18/h4-6,10,12-13,16,20H,7-9,11,14-15H2,1-3H3/t20-/m1/s1. The molecule has 166 valence electrons. The minimum atomic E-state index is -0.424. The van der Waals surface area contributed by atoms with Crippen LogP contribution in [0.3, 0.4) is 0 Å². The van der Waals surface area contributed by atoms with Gasteiger partial charge in [0.25, 0.3) is 0 Å². The lowest BCUT2D eigenvalue weighted by atomic mass is 9.99. The molecule has 5 nitrogen and oxygen atoms in total. The highest BCUT2D eigenvalue weighted by atomic mass is 32.1. The summed E-state index contributed by atoms with van der Waals surface area (Å²) in [6, 6.07) is 7.81. The molecule has 31 heavy (non-hydrogen) atoms. The number of ether oxygens (including phenoxy) is 1. The highest BCUT2D eigenvalue weighted by Crippen LogP contribution is 2.36. The first kappa shape index (κ1) is 21.8. The van der Waals surface area contributed by atoms with Crippen molar-refractivity contribution in [3.63, 3.8) is 0 Å². The Bertz CT molecular complexity index is 964. The zero-order chi connectivity index (χ0) is 22.2. The van der Waals surface area contributed by atoms with Crippen LogP contribution in [0.15, 0.2) is 35.7 Å². The van der Waals surface area contributed by atoms with E-state index < -0.39 is 5.54 Å². The van der Waals surface area contributed by atoms with Gasteiger partial charge in [-0.15, -0.1) is 11.3 Å². The third-order valence-electron chi connectivity index (χ3n) is 5.91. The molecule has 1 aliphatic carbocycles. The summed E-state index contributed by atoms with van der Waals surface area (Å²) < 4.78 is 19.4. The van der Waals surface area contributed by atoms with Crippen molar-refractivity contribution >= 4 is 23.2 Å². The predicted molar refractivity (Wildman–Crippen MR) is 119 cm³/mol. The first-order chi connectivity index (χ1) is 14.7. The normalized spacial score (nSPS) is 18.5. The van der Waals surface area contributed by atoms with Gasteiger partial charge in [-0.05, 0) is 69.2 Å². The molecule has 0 spiro atoms. The number of halogens is 1. The zero-order valence-electron chi connectivity index (χ0n) is 18.3. The lowest BCUT2D eigenvalue weighted by Crippen LogP contribution is -2.53. The van der Waals surface area contributed by atoms with Crippen LogP contribution in [0, 0.1) is 11.7 Å². The van der Waals surface area contributed by atoms with Crippen molar-refractivity contribution in [3.8, 4) is 5.75 Å². The van der Waals surface area contributed by atoms with Gasteiger partial charge in [0.2, 0.25) is 11.8 Å². The molecule has 0 bridgehead atoms. The van der Waals surface area contributed by atoms with Gasteiger partial charge in [-0.2, -0.15) is 0 Å². The van der Waals surface area contributed by atoms with Crippen LogP contribution in [0.25, 0.3) is 0 Å². The van der Waals surface area contributed by atoms with E-state index in [0.29, 0.717) is 12.3 Å². The van der Waals surface area contributed by atoms with Gasteiger partial charge in [0, 0.05) is 28.9 Å². The van der Waals surface area contributed by atoms with E-state index in [4.69, 9.17) is 4.74 Å². The maximum Gasteiger partial charge on any atom is 0.242 e. The van der Waals surface area contributed by atoms with E-state index in [-0.39, 0.29) is 42.7 Å². The van der Waals surface area contributed by atoms with Gasteiger partial charge in [0.05, 0.1) is 6.04 Å². The van der Waals surface area contributed by atoms with Crippen molar-refractivity contribution in [2.24, 2.45) is 5.92 Å². The topological polar surface area (TPSA) is 49.9 Å². The number of hydrogen-bond donors (Lipinski definition) is 0. The van der Waals surface area contributed by atoms with E-state index in [1.165, 1.54) is 17.0 Å². The number of rotatable bonds is 6. The van der Waals surface area contributed by atoms with Crippen molar-refractivity contribution < 1.29 is 18.7 Å². The van der Waals surface area contributed by atoms with Crippen LogP contribution in [0.5, 0.6) is 5.75 Å². The number of nitrogens with zero attached hydrogens (tertiary/aromatic N) is 2. The fourth-order valence-electron chi connectivity index (χ4n) is 4.03. The van der Waals surface area contributed by atoms with Gasteiger partial charge < -0.3 is 14.5 Å². The molecule has 0 radical (unpaired) electrons. The summed E-state index contributed by atoms with van der Waals surface area (Å²) >= 11 is 1.68. The molecule has 7 heteroatoms. The summed E-state index contributed by atoms with van der Waals surface area (Å²) in [6.07, 6.45) is 2.61. The quantitative estimate of drug-likeness (QED) is 0.662. The Kier molecular flexibility index (Phi) is 6.06. The average molecular weight is 445 g/mol. The van der Waals surface area contributed by atoms with Gasteiger partial charge in [0.1, 0.15) is 24.7 Å². The number of thiophene rings is 1. The number of carbonyl (C=O) groups excluding carboxylic acids is 2. The Morgan fingerprint density at radius 3 is 2.71 bits per heavy atom. The first-order valence-electron chi connectivity index (χ1n) is 10.8. The van der Waals surface area contributed by atoms with E-state index in [1.54, 1.807) is 28.4 Å². The zero-order valence-corrected chi connectivity index (χ0v) is 19.1. The molecule has 1 aromatic heterocycles. The monoisotopic (exact) mass is 444 g/mol. The fraction of sp³-hybridized carbons (Fsp3) is 0.500. The Balaban J connectivity index is 1.53. The molecular weight excluding hydrogens is 415 g/mol. The van der Waals surface area contributed by atoms with E-state index in [1.807, 2.05) is 37.1 Å². The molecule has 0 saturated heterocycles. The number of amides is 2. The lowest BCUT2D eigenvalue weighted by Gasteiger charge is -2.40. The molecule has 1 fully saturated rings. The molecule has 2 aliphatic rings. The van der Waals surface area contributed by atoms with Crippen molar-refractivity contribution in [1.82, 2.24) is 9.80 Å². The molecule has 2 heterocycles. The van der Waals surface area contributed by atoms with E-state index in [2.05, 4.69) is 0 Å². The number of benzene rings is 1. The molecule has 0 N–H and O–H groups in total. The van der Waals surface area contributed by atoms with Crippen molar-refractivity contribution in [3.05, 3.63) is 52.0 Å². The van der Waals surface area contributed by atoms with Crippen LogP contribution < -0.4 is 4.74 Å². The summed E-state index contributed by atoms with van der Waals surface area (Å²) in [5.41, 5.74) is 0.656. The van der Waals surface area contributed by atoms with Crippen LogP contribution in [0.2, 0.25) is 0 Å². The second-order valence-electron chi connectivity index (χ2n) is 9.29. The Morgan fingerprint density at radius 2 is 2.03 bits per heavy atom. The Hall–Kier alpha value is -2.41. The number of hydrogen-bond acceptors (Lipinski definition) is 4. The molecule has 0 unspecified atom stereocenters. The molecule has 1 atom stereocenters. The Morgan fingerprint density at radius 1 is 1.26 bits per heavy atom. The molecule has 1 saturated carbocycles. The minimum Gasteiger partial charge on any atom is -0.491 e. The molecule has 2 aromatic rings. The molecule has 1 aromatic carbocycles. The van der Waals surface area contributed by atoms with Crippen molar-refractivity contribution in [2.75, 3.05) is 19.7 Å². The molecular formula is C24H29FN2O3S. The van der Waals surface area contributed by atoms with E-state index in [9.17, 15) is 14.0 Å². The third-order valence-corrected chi connectivity index (χ3v) is 6.91. The summed E-state index contributed by atoms with van der Waals surface area (Å²) in [5, 5.41) is 2.03. The highest BCUT2D eigenvalue weighted by molar-refractivity contribution is 7.10. The van der Waals surface area contributed by atoms with E-state index >= 15 is 0 Å². The van der Waals surface area contributed by atoms with Crippen molar-refractivity contribution in [2.45, 2.75) is 51.6 Å². The summed E-state index contributed by atoms with van der Waals surface area (Å²) in [5.74, 6) is 0.138. The van der Waals surface area contributed by atoms with Gasteiger partial charge in [0.15, 0.2) is 0 Å². The van der Waals surface area contributed by atoms with Crippen molar-refractivity contribution in [1.29, 1.82) is 0 Å². The summed E-state index contributed by atoms with van der Waals surface area (Å²) in [7, 11) is 0. The second kappa shape index (κ2) is 8.61. The van der Waals surface area contributed by atoms with Crippen LogP contribution in [-0.4, -0.2) is 46.8 Å². The molecule has 2 amide bonds. The predicted octanol–water partition coefficient (Wildman–Crippen LogP) is 4.43. The fourth-order valence-corrected chi connectivity index (χ4v) is 4.96. The summed E-state index contributed by atoms with van der Waals surface area (Å²) in [4.78, 5) is 31.1. The van der Waals surface area contributed by atoms with Crippen LogP contribution in [-0.2, 0) is 16.0 Å². The first-order valence-corrected chi connectivity index (χ1v) is 11.7. The van der Waals surface area contributed by atoms with Gasteiger partial charge >= 0.3 is 0 Å². The molecule has 1 aliphatic heterocycles. The van der Waals surface area contributed by atoms with Crippen LogP contribution in [0.1, 0.15) is 50.1 Å². The van der Waals surface area contributed by atoms with Gasteiger partial charge in [-0.3, -0.25) is 9.59 Å². The molecule has 4 rings (SSSR count). The lowest BCUT2D eigenvalue weighted by molar-refractivity contribution is -0.147. The Labute approximate surface area is 186 Å². The number of carbonyl (C=O) groups is 2.